The molecule has 4 amide bonds. The van der Waals surface area contributed by atoms with Gasteiger partial charge in [-0.15, -0.1) is 0 Å². The second kappa shape index (κ2) is 15.4. The molecule has 0 fully saturated rings. The molecule has 0 spiro atoms. The number of carbonyl (C=O) groups is 5. The highest BCUT2D eigenvalue weighted by Gasteiger charge is 2.36. The molecule has 2 aromatic rings. The number of aliphatic hydroxyl groups excluding tert-OH is 1. The van der Waals surface area contributed by atoms with Crippen LogP contribution in [0.4, 0.5) is 9.59 Å². The zero-order chi connectivity index (χ0) is 36.0. The Morgan fingerprint density at radius 1 is 0.958 bits per heavy atom. The van der Waals surface area contributed by atoms with E-state index in [1.54, 1.807) is 77.9 Å². The predicted molar refractivity (Wildman–Crippen MR) is 175 cm³/mol. The first-order chi connectivity index (χ1) is 22.2. The molecule has 0 saturated heterocycles. The quantitative estimate of drug-likeness (QED) is 0.265. The number of ether oxygens (including phenoxy) is 2. The Bertz CT molecular complexity index is 1510. The molecular formula is C34H46N4O10. The number of alkyl carbamates (subject to hydrolysis) is 2. The normalized spacial score (nSPS) is 19.6. The molecule has 3 rings (SSSR count). The Balaban J connectivity index is 2.06. The van der Waals surface area contributed by atoms with Crippen molar-refractivity contribution >= 4 is 30.0 Å². The molecule has 14 heteroatoms. The third-order valence-electron chi connectivity index (χ3n) is 7.30. The van der Waals surface area contributed by atoms with Gasteiger partial charge in [-0.2, -0.15) is 0 Å². The van der Waals surface area contributed by atoms with Crippen molar-refractivity contribution in [2.75, 3.05) is 13.6 Å². The van der Waals surface area contributed by atoms with Gasteiger partial charge in [-0.25, -0.2) is 14.4 Å². The van der Waals surface area contributed by atoms with Crippen LogP contribution in [0.1, 0.15) is 59.1 Å². The summed E-state index contributed by atoms with van der Waals surface area (Å²) in [6.45, 7) is 9.56. The number of aliphatic carboxylic acids is 1. The summed E-state index contributed by atoms with van der Waals surface area (Å²) in [5.41, 5.74) is 0.545. The van der Waals surface area contributed by atoms with Gasteiger partial charge in [0.15, 0.2) is 0 Å². The zero-order valence-corrected chi connectivity index (χ0v) is 28.3. The van der Waals surface area contributed by atoms with Crippen molar-refractivity contribution in [3.8, 4) is 16.9 Å². The van der Waals surface area contributed by atoms with Crippen LogP contribution in [0, 0.1) is 0 Å². The average Bonchev–Trinajstić information content (AvgIpc) is 2.96. The third kappa shape index (κ3) is 11.1. The van der Waals surface area contributed by atoms with Gasteiger partial charge in [0.25, 0.3) is 0 Å². The number of benzene rings is 2. The van der Waals surface area contributed by atoms with Crippen molar-refractivity contribution in [1.82, 2.24) is 20.9 Å². The first kappa shape index (κ1) is 37.6. The van der Waals surface area contributed by atoms with E-state index in [0.29, 0.717) is 22.3 Å². The maximum absolute atomic E-state index is 13.9. The maximum atomic E-state index is 13.9. The third-order valence-corrected chi connectivity index (χ3v) is 7.30. The number of phenols is 1. The van der Waals surface area contributed by atoms with Gasteiger partial charge in [-0.1, -0.05) is 30.3 Å². The Morgan fingerprint density at radius 3 is 2.21 bits per heavy atom. The first-order valence-corrected chi connectivity index (χ1v) is 15.6. The van der Waals surface area contributed by atoms with E-state index in [9.17, 15) is 39.3 Å². The van der Waals surface area contributed by atoms with Gasteiger partial charge in [0.05, 0.1) is 6.10 Å². The number of rotatable bonds is 6. The summed E-state index contributed by atoms with van der Waals surface area (Å²) in [6, 6.07) is 7.56. The minimum atomic E-state index is -1.50. The lowest BCUT2D eigenvalue weighted by atomic mass is 9.96. The fourth-order valence-corrected chi connectivity index (χ4v) is 5.06. The van der Waals surface area contributed by atoms with Crippen LogP contribution in [0.15, 0.2) is 42.5 Å². The second-order valence-corrected chi connectivity index (χ2v) is 13.8. The summed E-state index contributed by atoms with van der Waals surface area (Å²) in [7, 11) is 1.28. The number of nitrogens with one attached hydrogen (secondary N) is 3. The highest BCUT2D eigenvalue weighted by molar-refractivity contribution is 5.93. The predicted octanol–water partition coefficient (Wildman–Crippen LogP) is 2.72. The molecule has 262 valence electrons. The summed E-state index contributed by atoms with van der Waals surface area (Å²) in [5.74, 6) is -3.15. The van der Waals surface area contributed by atoms with Gasteiger partial charge in [0.1, 0.15) is 35.1 Å². The van der Waals surface area contributed by atoms with Crippen molar-refractivity contribution in [1.29, 1.82) is 0 Å². The van der Waals surface area contributed by atoms with E-state index in [1.165, 1.54) is 13.1 Å². The summed E-state index contributed by atoms with van der Waals surface area (Å²) >= 11 is 0. The number of nitrogens with zero attached hydrogens (tertiary/aromatic N) is 1. The van der Waals surface area contributed by atoms with Crippen molar-refractivity contribution < 1.29 is 48.8 Å². The van der Waals surface area contributed by atoms with Crippen molar-refractivity contribution in [3.63, 3.8) is 0 Å². The molecule has 0 radical (unpaired) electrons. The van der Waals surface area contributed by atoms with Crippen LogP contribution >= 0.6 is 0 Å². The highest BCUT2D eigenvalue weighted by Crippen LogP contribution is 2.28. The molecule has 4 atom stereocenters. The van der Waals surface area contributed by atoms with E-state index < -0.39 is 71.8 Å². The SMILES string of the molecule is CN1C(=O)[C@H](C[C@@H](O)CNC(=O)OC(C)(C)C)NC(=O)[C@@H](NC(=O)OC(C)(C)C)Cc2cc(ccc2O)-c2cccc(c2)C[C@H]1C(=O)O. The number of hydrogen-bond acceptors (Lipinski definition) is 9. The molecule has 6 N–H and O–H groups in total. The summed E-state index contributed by atoms with van der Waals surface area (Å²) < 4.78 is 10.5. The summed E-state index contributed by atoms with van der Waals surface area (Å²) in [5, 5.41) is 39.2. The number of aliphatic hydroxyl groups is 1. The molecule has 0 saturated carbocycles. The van der Waals surface area contributed by atoms with Crippen LogP contribution in [0.5, 0.6) is 5.75 Å². The average molecular weight is 671 g/mol. The lowest BCUT2D eigenvalue weighted by Gasteiger charge is -2.31. The Morgan fingerprint density at radius 2 is 1.58 bits per heavy atom. The summed E-state index contributed by atoms with van der Waals surface area (Å²) in [6.07, 6.45) is -3.87. The molecule has 0 unspecified atom stereocenters. The van der Waals surface area contributed by atoms with Crippen LogP contribution in [-0.4, -0.2) is 99.2 Å². The number of carboxylic acids is 1. The van der Waals surface area contributed by atoms with Gasteiger partial charge in [0.2, 0.25) is 11.8 Å². The van der Waals surface area contributed by atoms with E-state index in [2.05, 4.69) is 16.0 Å². The van der Waals surface area contributed by atoms with E-state index in [4.69, 9.17) is 9.47 Å². The van der Waals surface area contributed by atoms with Gasteiger partial charge < -0.3 is 45.6 Å². The first-order valence-electron chi connectivity index (χ1n) is 15.6. The lowest BCUT2D eigenvalue weighted by Crippen LogP contribution is -2.58. The highest BCUT2D eigenvalue weighted by atomic mass is 16.6. The number of fused-ring (bicyclic) bond motifs is 5. The number of hydrogen-bond donors (Lipinski definition) is 6. The number of amides is 4. The second-order valence-electron chi connectivity index (χ2n) is 13.8. The maximum Gasteiger partial charge on any atom is 0.408 e. The van der Waals surface area contributed by atoms with E-state index >= 15 is 0 Å². The number of aromatic hydroxyl groups is 1. The van der Waals surface area contributed by atoms with Gasteiger partial charge in [-0.3, -0.25) is 9.59 Å². The van der Waals surface area contributed by atoms with E-state index in [0.717, 1.165) is 4.90 Å². The van der Waals surface area contributed by atoms with Crippen LogP contribution in [0.2, 0.25) is 0 Å². The Kier molecular flexibility index (Phi) is 12.0. The standard InChI is InChI=1S/C34H46N4O10/c1-33(2,3)47-31(45)35-18-23(39)17-25-29(42)38(7)26(30(43)44)14-19-9-8-10-20(13-19)21-11-12-27(40)22(15-21)16-24(28(41)36-25)37-32(46)48-34(4,5)6/h8-13,15,23-26,39-40H,14,16-18H2,1-7H3,(H,35,45)(H,36,41)(H,37,46)(H,43,44)/t23-,24+,25+,26+/m1/s1. The molecular weight excluding hydrogens is 624 g/mol. The van der Waals surface area contributed by atoms with E-state index in [1.807, 2.05) is 0 Å². The van der Waals surface area contributed by atoms with E-state index in [-0.39, 0.29) is 25.1 Å². The smallest absolute Gasteiger partial charge is 0.408 e. The zero-order valence-electron chi connectivity index (χ0n) is 28.3. The number of carboxylic acid groups (broad SMARTS) is 1. The molecule has 2 aromatic carbocycles. The van der Waals surface area contributed by atoms with Crippen LogP contribution < -0.4 is 16.0 Å². The van der Waals surface area contributed by atoms with Gasteiger partial charge in [0, 0.05) is 32.9 Å². The van der Waals surface area contributed by atoms with Crippen LogP contribution in [-0.2, 0) is 36.7 Å². The van der Waals surface area contributed by atoms with Crippen LogP contribution in [0.25, 0.3) is 11.1 Å². The Labute approximate surface area is 279 Å². The molecule has 0 aliphatic carbocycles. The van der Waals surface area contributed by atoms with Crippen LogP contribution in [0.3, 0.4) is 0 Å². The molecule has 14 nitrogen and oxygen atoms in total. The van der Waals surface area contributed by atoms with Gasteiger partial charge >= 0.3 is 18.2 Å². The number of carbonyl (C=O) groups excluding carboxylic acids is 4. The minimum absolute atomic E-state index is 0.0808. The monoisotopic (exact) mass is 670 g/mol. The Hall–Kier alpha value is -4.85. The minimum Gasteiger partial charge on any atom is -0.508 e. The summed E-state index contributed by atoms with van der Waals surface area (Å²) in [4.78, 5) is 66.3. The molecule has 1 aliphatic rings. The van der Waals surface area contributed by atoms with Crippen molar-refractivity contribution in [2.45, 2.75) is 96.2 Å². The van der Waals surface area contributed by atoms with Crippen molar-refractivity contribution in [2.24, 2.45) is 0 Å². The number of phenolic OH excluding ortho intramolecular Hbond substituents is 1. The molecule has 1 heterocycles. The molecule has 48 heavy (non-hydrogen) atoms. The number of likely N-dealkylation sites (N-methyl/N-ethyl adjacent to an activating group) is 1. The van der Waals surface area contributed by atoms with Crippen molar-refractivity contribution in [3.05, 3.63) is 53.6 Å². The fourth-order valence-electron chi connectivity index (χ4n) is 5.06. The van der Waals surface area contributed by atoms with Gasteiger partial charge in [-0.05, 0) is 75.9 Å². The fraction of sp³-hybridized carbons (Fsp3) is 0.500. The molecule has 1 aliphatic heterocycles. The lowest BCUT2D eigenvalue weighted by molar-refractivity contribution is -0.150. The topological polar surface area (TPSA) is 204 Å². The molecule has 4 bridgehead atoms. The molecule has 0 aromatic heterocycles. The largest absolute Gasteiger partial charge is 0.508 e.